The van der Waals surface area contributed by atoms with Gasteiger partial charge in [-0.05, 0) is 31.5 Å². The highest BCUT2D eigenvalue weighted by atomic mass is 35.5. The summed E-state index contributed by atoms with van der Waals surface area (Å²) >= 11 is 11.8. The van der Waals surface area contributed by atoms with Crippen molar-refractivity contribution < 1.29 is 0 Å². The summed E-state index contributed by atoms with van der Waals surface area (Å²) in [7, 11) is 0. The summed E-state index contributed by atoms with van der Waals surface area (Å²) in [5, 5.41) is 1.19. The Morgan fingerprint density at radius 3 is 2.17 bits per heavy atom. The van der Waals surface area contributed by atoms with Crippen LogP contribution >= 0.6 is 23.2 Å². The van der Waals surface area contributed by atoms with Crippen molar-refractivity contribution in [3.63, 3.8) is 0 Å². The van der Waals surface area contributed by atoms with Gasteiger partial charge in [0.05, 0.1) is 15.7 Å². The van der Waals surface area contributed by atoms with Gasteiger partial charge in [0, 0.05) is 6.21 Å². The highest BCUT2D eigenvalue weighted by Crippen LogP contribution is 2.33. The quantitative estimate of drug-likeness (QED) is 0.609. The summed E-state index contributed by atoms with van der Waals surface area (Å²) in [6, 6.07) is 3.69. The molecule has 64 valence electrons. The van der Waals surface area contributed by atoms with Crippen LogP contribution in [0.25, 0.3) is 0 Å². The van der Waals surface area contributed by atoms with Gasteiger partial charge in [0.1, 0.15) is 0 Å². The SMILES string of the molecule is CC=Nc1c(Cl)cc(C)cc1Cl. The Bertz CT molecular complexity index is 295. The van der Waals surface area contributed by atoms with Crippen LogP contribution in [-0.2, 0) is 0 Å². The molecule has 0 aliphatic heterocycles. The molecule has 0 heterocycles. The van der Waals surface area contributed by atoms with E-state index in [4.69, 9.17) is 23.2 Å². The molecule has 0 aliphatic carbocycles. The maximum Gasteiger partial charge on any atom is 0.0997 e. The third-order valence-electron chi connectivity index (χ3n) is 1.42. The Labute approximate surface area is 82.0 Å². The zero-order valence-electron chi connectivity index (χ0n) is 6.94. The van der Waals surface area contributed by atoms with Gasteiger partial charge in [-0.3, -0.25) is 4.99 Å². The Morgan fingerprint density at radius 2 is 1.75 bits per heavy atom. The number of rotatable bonds is 1. The molecule has 1 rings (SSSR count). The van der Waals surface area contributed by atoms with Crippen molar-refractivity contribution in [1.82, 2.24) is 0 Å². The minimum atomic E-state index is 0.595. The summed E-state index contributed by atoms with van der Waals surface area (Å²) in [6.45, 7) is 3.77. The highest BCUT2D eigenvalue weighted by molar-refractivity contribution is 6.38. The number of halogens is 2. The average molecular weight is 202 g/mol. The first kappa shape index (κ1) is 9.56. The van der Waals surface area contributed by atoms with Gasteiger partial charge in [-0.25, -0.2) is 0 Å². The molecule has 0 saturated carbocycles. The number of aliphatic imine (C=N–C) groups is 1. The first-order chi connectivity index (χ1) is 5.65. The molecule has 0 radical (unpaired) electrons. The lowest BCUT2D eigenvalue weighted by Gasteiger charge is -2.01. The molecule has 0 unspecified atom stereocenters. The topological polar surface area (TPSA) is 12.4 Å². The molecule has 1 aromatic carbocycles. The zero-order valence-corrected chi connectivity index (χ0v) is 8.45. The van der Waals surface area contributed by atoms with Crippen molar-refractivity contribution in [2.45, 2.75) is 13.8 Å². The largest absolute Gasteiger partial charge is 0.258 e. The van der Waals surface area contributed by atoms with E-state index in [2.05, 4.69) is 4.99 Å². The number of hydrogen-bond donors (Lipinski definition) is 0. The lowest BCUT2D eigenvalue weighted by Crippen LogP contribution is -1.76. The van der Waals surface area contributed by atoms with Gasteiger partial charge < -0.3 is 0 Å². The van der Waals surface area contributed by atoms with Crippen LogP contribution in [0.5, 0.6) is 0 Å². The molecule has 1 aromatic rings. The molecule has 0 N–H and O–H groups in total. The smallest absolute Gasteiger partial charge is 0.0997 e. The summed E-state index contributed by atoms with van der Waals surface area (Å²) in [5.74, 6) is 0. The van der Waals surface area contributed by atoms with Crippen LogP contribution in [0.2, 0.25) is 10.0 Å². The van der Waals surface area contributed by atoms with Crippen LogP contribution in [-0.4, -0.2) is 6.21 Å². The second-order valence-corrected chi connectivity index (χ2v) is 3.28. The molecule has 0 saturated heterocycles. The Morgan fingerprint density at radius 1 is 1.25 bits per heavy atom. The third-order valence-corrected chi connectivity index (χ3v) is 2.00. The Kier molecular flexibility index (Phi) is 3.12. The van der Waals surface area contributed by atoms with Crippen LogP contribution in [0.3, 0.4) is 0 Å². The predicted molar refractivity (Wildman–Crippen MR) is 55.0 cm³/mol. The zero-order chi connectivity index (χ0) is 9.14. The standard InChI is InChI=1S/C9H9Cl2N/c1-3-12-9-7(10)4-6(2)5-8(9)11/h3-5H,1-2H3. The molecule has 0 aromatic heterocycles. The minimum absolute atomic E-state index is 0.595. The van der Waals surface area contributed by atoms with E-state index in [0.717, 1.165) is 5.56 Å². The van der Waals surface area contributed by atoms with Gasteiger partial charge in [-0.1, -0.05) is 23.2 Å². The van der Waals surface area contributed by atoms with Crippen LogP contribution in [0.15, 0.2) is 17.1 Å². The molecular weight excluding hydrogens is 193 g/mol. The van der Waals surface area contributed by atoms with Crippen molar-refractivity contribution in [2.75, 3.05) is 0 Å². The summed E-state index contributed by atoms with van der Waals surface area (Å²) in [4.78, 5) is 4.06. The molecule has 1 nitrogen and oxygen atoms in total. The van der Waals surface area contributed by atoms with Crippen LogP contribution < -0.4 is 0 Å². The number of nitrogens with zero attached hydrogens (tertiary/aromatic N) is 1. The average Bonchev–Trinajstić information content (AvgIpc) is 1.96. The molecule has 0 atom stereocenters. The normalized spacial score (nSPS) is 11.0. The number of hydrogen-bond acceptors (Lipinski definition) is 1. The monoisotopic (exact) mass is 201 g/mol. The fourth-order valence-electron chi connectivity index (χ4n) is 0.945. The van der Waals surface area contributed by atoms with Crippen molar-refractivity contribution in [1.29, 1.82) is 0 Å². The van der Waals surface area contributed by atoms with Crippen LogP contribution in [0.1, 0.15) is 12.5 Å². The first-order valence-electron chi connectivity index (χ1n) is 3.59. The molecule has 0 aliphatic rings. The molecule has 0 bridgehead atoms. The molecule has 0 amide bonds. The molecule has 12 heavy (non-hydrogen) atoms. The van der Waals surface area contributed by atoms with Gasteiger partial charge in [0.2, 0.25) is 0 Å². The molecular formula is C9H9Cl2N. The van der Waals surface area contributed by atoms with Gasteiger partial charge in [-0.2, -0.15) is 0 Å². The fraction of sp³-hybridized carbons (Fsp3) is 0.222. The van der Waals surface area contributed by atoms with E-state index in [0.29, 0.717) is 15.7 Å². The van der Waals surface area contributed by atoms with Crippen molar-refractivity contribution in [3.8, 4) is 0 Å². The number of benzene rings is 1. The summed E-state index contributed by atoms with van der Waals surface area (Å²) < 4.78 is 0. The van der Waals surface area contributed by atoms with Gasteiger partial charge in [0.25, 0.3) is 0 Å². The van der Waals surface area contributed by atoms with E-state index in [1.807, 2.05) is 26.0 Å². The van der Waals surface area contributed by atoms with E-state index >= 15 is 0 Å². The van der Waals surface area contributed by atoms with Crippen molar-refractivity contribution >= 4 is 35.1 Å². The Balaban J connectivity index is 3.28. The van der Waals surface area contributed by atoms with Crippen LogP contribution in [0.4, 0.5) is 5.69 Å². The fourth-order valence-corrected chi connectivity index (χ4v) is 1.64. The van der Waals surface area contributed by atoms with Crippen molar-refractivity contribution in [3.05, 3.63) is 27.7 Å². The van der Waals surface area contributed by atoms with Gasteiger partial charge in [0.15, 0.2) is 0 Å². The van der Waals surface area contributed by atoms with E-state index < -0.39 is 0 Å². The second-order valence-electron chi connectivity index (χ2n) is 2.46. The lowest BCUT2D eigenvalue weighted by atomic mass is 10.2. The maximum absolute atomic E-state index is 5.92. The minimum Gasteiger partial charge on any atom is -0.258 e. The molecule has 3 heteroatoms. The van der Waals surface area contributed by atoms with Crippen LogP contribution in [0, 0.1) is 6.92 Å². The van der Waals surface area contributed by atoms with Gasteiger partial charge in [-0.15, -0.1) is 0 Å². The third kappa shape index (κ3) is 1.99. The Hall–Kier alpha value is -0.530. The lowest BCUT2D eigenvalue weighted by molar-refractivity contribution is 1.44. The van der Waals surface area contributed by atoms with Crippen molar-refractivity contribution in [2.24, 2.45) is 4.99 Å². The molecule has 0 spiro atoms. The van der Waals surface area contributed by atoms with Gasteiger partial charge >= 0.3 is 0 Å². The summed E-state index contributed by atoms with van der Waals surface area (Å²) in [5.41, 5.74) is 1.69. The van der Waals surface area contributed by atoms with E-state index in [1.54, 1.807) is 6.21 Å². The second kappa shape index (κ2) is 3.92. The number of aryl methyl sites for hydroxylation is 1. The first-order valence-corrected chi connectivity index (χ1v) is 4.35. The van der Waals surface area contributed by atoms with E-state index in [9.17, 15) is 0 Å². The predicted octanol–water partition coefficient (Wildman–Crippen LogP) is 4.02. The highest BCUT2D eigenvalue weighted by Gasteiger charge is 2.03. The van der Waals surface area contributed by atoms with E-state index in [-0.39, 0.29) is 0 Å². The van der Waals surface area contributed by atoms with E-state index in [1.165, 1.54) is 0 Å². The molecule has 0 fully saturated rings. The summed E-state index contributed by atoms with van der Waals surface area (Å²) in [6.07, 6.45) is 1.67. The maximum atomic E-state index is 5.92.